The maximum atomic E-state index is 11.8. The molecule has 3 nitrogen and oxygen atoms in total. The van der Waals surface area contributed by atoms with E-state index in [1.54, 1.807) is 6.20 Å². The molecule has 2 aromatic rings. The number of amides is 1. The predicted octanol–water partition coefficient (Wildman–Crippen LogP) is 2.94. The Labute approximate surface area is 105 Å². The van der Waals surface area contributed by atoms with E-state index in [4.69, 9.17) is 0 Å². The summed E-state index contributed by atoms with van der Waals surface area (Å²) in [6.07, 6.45) is 2.05. The number of nitrogens with one attached hydrogen (secondary N) is 1. The number of carbonyl (C=O) groups excluding carboxylic acids is 1. The fourth-order valence-electron chi connectivity index (χ4n) is 1.56. The lowest BCUT2D eigenvalue weighted by Gasteiger charge is -2.09. The summed E-state index contributed by atoms with van der Waals surface area (Å²) in [5, 5.41) is 5.63. The van der Waals surface area contributed by atoms with Crippen LogP contribution in [0.3, 0.4) is 0 Å². The highest BCUT2D eigenvalue weighted by atomic mass is 32.1. The third kappa shape index (κ3) is 2.91. The first-order valence-electron chi connectivity index (χ1n) is 5.41. The number of carbonyl (C=O) groups is 1. The molecule has 1 amide bonds. The van der Waals surface area contributed by atoms with E-state index in [1.165, 1.54) is 16.9 Å². The molecular formula is C13H14N2OS. The number of aryl methyl sites for hydroxylation is 1. The SMILES string of the molecule is Cc1cccc(NC(=O)Cc2nccs2)c1C. The lowest BCUT2D eigenvalue weighted by Crippen LogP contribution is -2.15. The van der Waals surface area contributed by atoms with Gasteiger partial charge in [-0.1, -0.05) is 12.1 Å². The Hall–Kier alpha value is -1.68. The third-order valence-corrected chi connectivity index (χ3v) is 3.45. The van der Waals surface area contributed by atoms with Gasteiger partial charge in [0.25, 0.3) is 0 Å². The van der Waals surface area contributed by atoms with Crippen LogP contribution in [0.15, 0.2) is 29.8 Å². The molecule has 0 saturated heterocycles. The van der Waals surface area contributed by atoms with Gasteiger partial charge in [0, 0.05) is 17.3 Å². The third-order valence-electron chi connectivity index (χ3n) is 2.67. The number of thiazole rings is 1. The number of nitrogens with zero attached hydrogens (tertiary/aromatic N) is 1. The van der Waals surface area contributed by atoms with Crippen molar-refractivity contribution >= 4 is 22.9 Å². The van der Waals surface area contributed by atoms with Crippen LogP contribution in [0.2, 0.25) is 0 Å². The molecule has 17 heavy (non-hydrogen) atoms. The van der Waals surface area contributed by atoms with Crippen LogP contribution in [0.5, 0.6) is 0 Å². The van der Waals surface area contributed by atoms with E-state index < -0.39 is 0 Å². The Balaban J connectivity index is 2.06. The molecule has 1 heterocycles. The summed E-state index contributed by atoms with van der Waals surface area (Å²) < 4.78 is 0. The molecule has 4 heteroatoms. The van der Waals surface area contributed by atoms with Gasteiger partial charge in [-0.25, -0.2) is 4.98 Å². The number of hydrogen-bond acceptors (Lipinski definition) is 3. The minimum atomic E-state index is -0.0198. The molecule has 1 aromatic carbocycles. The summed E-state index contributed by atoms with van der Waals surface area (Å²) in [6.45, 7) is 4.04. The van der Waals surface area contributed by atoms with Crippen LogP contribution in [0, 0.1) is 13.8 Å². The largest absolute Gasteiger partial charge is 0.325 e. The second kappa shape index (κ2) is 5.10. The summed E-state index contributed by atoms with van der Waals surface area (Å²) in [5.74, 6) is -0.0198. The van der Waals surface area contributed by atoms with Crippen molar-refractivity contribution in [2.24, 2.45) is 0 Å². The van der Waals surface area contributed by atoms with Crippen molar-refractivity contribution in [2.45, 2.75) is 20.3 Å². The maximum absolute atomic E-state index is 11.8. The highest BCUT2D eigenvalue weighted by molar-refractivity contribution is 7.09. The molecule has 1 aromatic heterocycles. The van der Waals surface area contributed by atoms with Crippen molar-refractivity contribution in [3.05, 3.63) is 45.9 Å². The smallest absolute Gasteiger partial charge is 0.231 e. The topological polar surface area (TPSA) is 42.0 Å². The van der Waals surface area contributed by atoms with Gasteiger partial charge in [0.2, 0.25) is 5.91 Å². The zero-order valence-electron chi connectivity index (χ0n) is 9.86. The maximum Gasteiger partial charge on any atom is 0.231 e. The number of anilines is 1. The molecule has 0 aliphatic carbocycles. The molecule has 0 aliphatic rings. The number of hydrogen-bond donors (Lipinski definition) is 1. The Bertz CT molecular complexity index is 520. The van der Waals surface area contributed by atoms with E-state index in [-0.39, 0.29) is 5.91 Å². The highest BCUT2D eigenvalue weighted by Gasteiger charge is 2.08. The van der Waals surface area contributed by atoms with Crippen LogP contribution in [0.1, 0.15) is 16.1 Å². The number of benzene rings is 1. The first-order valence-corrected chi connectivity index (χ1v) is 6.29. The Kier molecular flexibility index (Phi) is 3.54. The fourth-order valence-corrected chi connectivity index (χ4v) is 2.17. The van der Waals surface area contributed by atoms with Crippen LogP contribution < -0.4 is 5.32 Å². The summed E-state index contributed by atoms with van der Waals surface area (Å²) in [4.78, 5) is 15.9. The van der Waals surface area contributed by atoms with Crippen LogP contribution in [-0.2, 0) is 11.2 Å². The summed E-state index contributed by atoms with van der Waals surface area (Å²) in [5.41, 5.74) is 3.17. The molecule has 0 fully saturated rings. The average molecular weight is 246 g/mol. The first kappa shape index (κ1) is 11.8. The second-order valence-corrected chi connectivity index (χ2v) is 4.88. The van der Waals surface area contributed by atoms with Gasteiger partial charge in [-0.2, -0.15) is 0 Å². The summed E-state index contributed by atoms with van der Waals surface area (Å²) in [6, 6.07) is 5.90. The van der Waals surface area contributed by atoms with Crippen molar-refractivity contribution in [1.82, 2.24) is 4.98 Å². The van der Waals surface area contributed by atoms with E-state index in [1.807, 2.05) is 37.4 Å². The van der Waals surface area contributed by atoms with E-state index in [2.05, 4.69) is 10.3 Å². The van der Waals surface area contributed by atoms with E-state index in [9.17, 15) is 4.79 Å². The van der Waals surface area contributed by atoms with Gasteiger partial charge in [-0.05, 0) is 31.0 Å². The van der Waals surface area contributed by atoms with Crippen LogP contribution in [-0.4, -0.2) is 10.9 Å². The predicted molar refractivity (Wildman–Crippen MR) is 70.4 cm³/mol. The minimum absolute atomic E-state index is 0.0198. The van der Waals surface area contributed by atoms with Gasteiger partial charge in [-0.15, -0.1) is 11.3 Å². The molecule has 1 N–H and O–H groups in total. The quantitative estimate of drug-likeness (QED) is 0.904. The minimum Gasteiger partial charge on any atom is -0.325 e. The molecule has 0 saturated carbocycles. The molecule has 0 atom stereocenters. The summed E-state index contributed by atoms with van der Waals surface area (Å²) >= 11 is 1.50. The van der Waals surface area contributed by atoms with E-state index in [0.29, 0.717) is 6.42 Å². The Morgan fingerprint density at radius 1 is 1.41 bits per heavy atom. The van der Waals surface area contributed by atoms with Gasteiger partial charge in [0.15, 0.2) is 0 Å². The second-order valence-electron chi connectivity index (χ2n) is 3.90. The van der Waals surface area contributed by atoms with Gasteiger partial charge >= 0.3 is 0 Å². The number of rotatable bonds is 3. The van der Waals surface area contributed by atoms with Crippen LogP contribution in [0.25, 0.3) is 0 Å². The van der Waals surface area contributed by atoms with Crippen molar-refractivity contribution in [2.75, 3.05) is 5.32 Å². The molecule has 0 aliphatic heterocycles. The monoisotopic (exact) mass is 246 g/mol. The zero-order chi connectivity index (χ0) is 12.3. The first-order chi connectivity index (χ1) is 8.16. The molecule has 0 bridgehead atoms. The molecule has 2 rings (SSSR count). The van der Waals surface area contributed by atoms with E-state index in [0.717, 1.165) is 16.3 Å². The summed E-state index contributed by atoms with van der Waals surface area (Å²) in [7, 11) is 0. The molecule has 88 valence electrons. The lowest BCUT2D eigenvalue weighted by molar-refractivity contribution is -0.115. The standard InChI is InChI=1S/C13H14N2OS/c1-9-4-3-5-11(10(9)2)15-12(16)8-13-14-6-7-17-13/h3-7H,8H2,1-2H3,(H,15,16). The van der Waals surface area contributed by atoms with Gasteiger partial charge in [0.1, 0.15) is 5.01 Å². The Morgan fingerprint density at radius 3 is 2.94 bits per heavy atom. The van der Waals surface area contributed by atoms with Crippen molar-refractivity contribution in [1.29, 1.82) is 0 Å². The van der Waals surface area contributed by atoms with Crippen LogP contribution >= 0.6 is 11.3 Å². The molecule has 0 spiro atoms. The zero-order valence-corrected chi connectivity index (χ0v) is 10.7. The lowest BCUT2D eigenvalue weighted by atomic mass is 10.1. The average Bonchev–Trinajstić information content (AvgIpc) is 2.77. The highest BCUT2D eigenvalue weighted by Crippen LogP contribution is 2.18. The number of aromatic nitrogens is 1. The normalized spacial score (nSPS) is 10.2. The fraction of sp³-hybridized carbons (Fsp3) is 0.231. The van der Waals surface area contributed by atoms with Crippen molar-refractivity contribution in [3.8, 4) is 0 Å². The molecular weight excluding hydrogens is 232 g/mol. The molecule has 0 unspecified atom stereocenters. The Morgan fingerprint density at radius 2 is 2.24 bits per heavy atom. The van der Waals surface area contributed by atoms with Gasteiger partial charge in [-0.3, -0.25) is 4.79 Å². The van der Waals surface area contributed by atoms with Gasteiger partial charge < -0.3 is 5.32 Å². The van der Waals surface area contributed by atoms with Gasteiger partial charge in [0.05, 0.1) is 6.42 Å². The van der Waals surface area contributed by atoms with Crippen molar-refractivity contribution < 1.29 is 4.79 Å². The molecule has 0 radical (unpaired) electrons. The van der Waals surface area contributed by atoms with E-state index >= 15 is 0 Å². The van der Waals surface area contributed by atoms with Crippen LogP contribution in [0.4, 0.5) is 5.69 Å². The van der Waals surface area contributed by atoms with Crippen molar-refractivity contribution in [3.63, 3.8) is 0 Å².